The molecule has 0 bridgehead atoms. The van der Waals surface area contributed by atoms with E-state index in [4.69, 9.17) is 9.47 Å². The van der Waals surface area contributed by atoms with Crippen molar-refractivity contribution in [1.82, 2.24) is 0 Å². The molecule has 4 nitrogen and oxygen atoms in total. The Bertz CT molecular complexity index is 827. The van der Waals surface area contributed by atoms with Crippen LogP contribution < -0.4 is 9.47 Å². The third kappa shape index (κ3) is 4.41. The number of methoxy groups -OCH3 is 1. The first-order valence-corrected chi connectivity index (χ1v) is 9.39. The Kier molecular flexibility index (Phi) is 5.99. The summed E-state index contributed by atoms with van der Waals surface area (Å²) >= 11 is 0. The Labute approximate surface area is 159 Å². The van der Waals surface area contributed by atoms with Gasteiger partial charge in [-0.3, -0.25) is 0 Å². The molecule has 0 heterocycles. The number of ether oxygens (including phenoxy) is 3. The van der Waals surface area contributed by atoms with Crippen molar-refractivity contribution >= 4 is 6.16 Å². The summed E-state index contributed by atoms with van der Waals surface area (Å²) in [5.41, 5.74) is 3.58. The van der Waals surface area contributed by atoms with E-state index in [0.717, 1.165) is 36.0 Å². The van der Waals surface area contributed by atoms with Crippen LogP contribution in [0.4, 0.5) is 9.18 Å². The summed E-state index contributed by atoms with van der Waals surface area (Å²) in [5, 5.41) is 0. The van der Waals surface area contributed by atoms with Gasteiger partial charge in [0.1, 0.15) is 23.9 Å². The smallest absolute Gasteiger partial charge is 0.488 e. The molecule has 1 saturated carbocycles. The van der Waals surface area contributed by atoms with Gasteiger partial charge in [0.15, 0.2) is 0 Å². The van der Waals surface area contributed by atoms with Crippen molar-refractivity contribution in [3.63, 3.8) is 0 Å². The number of halogens is 1. The van der Waals surface area contributed by atoms with Gasteiger partial charge in [0.05, 0.1) is 7.11 Å². The van der Waals surface area contributed by atoms with Crippen molar-refractivity contribution in [2.45, 2.75) is 52.1 Å². The SMILES string of the molecule is CCc1cc(CC)c(OCc2c(OC(=O)OC)cccc2C2CC2)cc1F. The number of hydrogen-bond donors (Lipinski definition) is 0. The second kappa shape index (κ2) is 8.42. The van der Waals surface area contributed by atoms with Crippen molar-refractivity contribution in [3.05, 3.63) is 58.4 Å². The molecule has 1 aliphatic carbocycles. The normalized spacial score (nSPS) is 13.3. The largest absolute Gasteiger partial charge is 0.513 e. The highest BCUT2D eigenvalue weighted by Gasteiger charge is 2.28. The highest BCUT2D eigenvalue weighted by Crippen LogP contribution is 2.44. The molecule has 0 radical (unpaired) electrons. The Morgan fingerprint density at radius 1 is 1.11 bits per heavy atom. The third-order valence-corrected chi connectivity index (χ3v) is 4.91. The van der Waals surface area contributed by atoms with Gasteiger partial charge in [0.25, 0.3) is 0 Å². The maximum absolute atomic E-state index is 14.2. The van der Waals surface area contributed by atoms with E-state index in [1.54, 1.807) is 6.07 Å². The van der Waals surface area contributed by atoms with E-state index in [0.29, 0.717) is 29.4 Å². The standard InChI is InChI=1S/C22H25FO4/c1-4-14-11-15(5-2)21(12-19(14)23)26-13-18-17(16-9-10-16)7-6-8-20(18)27-22(24)25-3/h6-8,11-12,16H,4-5,9-10,13H2,1-3H3. The van der Waals surface area contributed by atoms with Gasteiger partial charge in [-0.2, -0.15) is 0 Å². The predicted molar refractivity (Wildman–Crippen MR) is 101 cm³/mol. The van der Waals surface area contributed by atoms with Crippen molar-refractivity contribution in [2.75, 3.05) is 7.11 Å². The molecule has 3 rings (SSSR count). The molecular formula is C22H25FO4. The van der Waals surface area contributed by atoms with Gasteiger partial charge < -0.3 is 14.2 Å². The Morgan fingerprint density at radius 2 is 1.85 bits per heavy atom. The van der Waals surface area contributed by atoms with Crippen molar-refractivity contribution in [3.8, 4) is 11.5 Å². The van der Waals surface area contributed by atoms with Crippen molar-refractivity contribution in [2.24, 2.45) is 0 Å². The van der Waals surface area contributed by atoms with Gasteiger partial charge in [-0.1, -0.05) is 26.0 Å². The summed E-state index contributed by atoms with van der Waals surface area (Å²) in [6.07, 6.45) is 2.83. The highest BCUT2D eigenvalue weighted by molar-refractivity contribution is 5.65. The molecule has 0 spiro atoms. The van der Waals surface area contributed by atoms with Gasteiger partial charge in [0, 0.05) is 11.6 Å². The molecule has 0 N–H and O–H groups in total. The molecule has 27 heavy (non-hydrogen) atoms. The van der Waals surface area contributed by atoms with E-state index < -0.39 is 6.16 Å². The fourth-order valence-corrected chi connectivity index (χ4v) is 3.22. The molecule has 0 aliphatic heterocycles. The zero-order valence-electron chi connectivity index (χ0n) is 16.0. The van der Waals surface area contributed by atoms with Crippen molar-refractivity contribution < 1.29 is 23.4 Å². The lowest BCUT2D eigenvalue weighted by Gasteiger charge is -2.17. The molecule has 5 heteroatoms. The summed E-state index contributed by atoms with van der Waals surface area (Å²) in [5.74, 6) is 1.15. The average Bonchev–Trinajstić information content (AvgIpc) is 3.51. The van der Waals surface area contributed by atoms with Crippen molar-refractivity contribution in [1.29, 1.82) is 0 Å². The molecule has 0 atom stereocenters. The van der Waals surface area contributed by atoms with Crippen LogP contribution in [0.15, 0.2) is 30.3 Å². The van der Waals surface area contributed by atoms with Crippen LogP contribution in [0.1, 0.15) is 54.9 Å². The first-order chi connectivity index (χ1) is 13.1. The molecule has 2 aromatic carbocycles. The van der Waals surface area contributed by atoms with Crippen LogP contribution in [-0.4, -0.2) is 13.3 Å². The minimum Gasteiger partial charge on any atom is -0.488 e. The summed E-state index contributed by atoms with van der Waals surface area (Å²) in [7, 11) is 1.27. The maximum Gasteiger partial charge on any atom is 0.513 e. The van der Waals surface area contributed by atoms with Gasteiger partial charge >= 0.3 is 6.16 Å². The Balaban J connectivity index is 1.89. The number of carbonyl (C=O) groups excluding carboxylic acids is 1. The first kappa shape index (κ1) is 19.2. The summed E-state index contributed by atoms with van der Waals surface area (Å²) in [4.78, 5) is 11.6. The van der Waals surface area contributed by atoms with Crippen LogP contribution in [0.25, 0.3) is 0 Å². The predicted octanol–water partition coefficient (Wildman–Crippen LogP) is 5.55. The molecule has 0 unspecified atom stereocenters. The van der Waals surface area contributed by atoms with Gasteiger partial charge in [-0.05, 0) is 60.4 Å². The minimum absolute atomic E-state index is 0.205. The third-order valence-electron chi connectivity index (χ3n) is 4.91. The molecular weight excluding hydrogens is 347 g/mol. The van der Waals surface area contributed by atoms with E-state index in [9.17, 15) is 9.18 Å². The number of carbonyl (C=O) groups is 1. The van der Waals surface area contributed by atoms with E-state index in [2.05, 4.69) is 4.74 Å². The minimum atomic E-state index is -0.767. The summed E-state index contributed by atoms with van der Waals surface area (Å²) in [6.45, 7) is 4.15. The van der Waals surface area contributed by atoms with E-state index in [-0.39, 0.29) is 12.4 Å². The number of aryl methyl sites for hydroxylation is 2. The van der Waals surface area contributed by atoms with E-state index in [1.165, 1.54) is 13.2 Å². The quantitative estimate of drug-likeness (QED) is 0.472. The molecule has 1 fully saturated rings. The zero-order chi connectivity index (χ0) is 19.4. The van der Waals surface area contributed by atoms with Crippen LogP contribution in [0.2, 0.25) is 0 Å². The molecule has 144 valence electrons. The molecule has 0 saturated heterocycles. The molecule has 1 aliphatic rings. The Morgan fingerprint density at radius 3 is 2.48 bits per heavy atom. The molecule has 0 aromatic heterocycles. The summed E-state index contributed by atoms with van der Waals surface area (Å²) < 4.78 is 30.2. The zero-order valence-corrected chi connectivity index (χ0v) is 16.0. The van der Waals surface area contributed by atoms with E-state index >= 15 is 0 Å². The lowest BCUT2D eigenvalue weighted by atomic mass is 10.0. The first-order valence-electron chi connectivity index (χ1n) is 9.39. The van der Waals surface area contributed by atoms with Gasteiger partial charge in [-0.15, -0.1) is 0 Å². The Hall–Kier alpha value is -2.56. The fourth-order valence-electron chi connectivity index (χ4n) is 3.22. The lowest BCUT2D eigenvalue weighted by molar-refractivity contribution is 0.120. The summed E-state index contributed by atoms with van der Waals surface area (Å²) in [6, 6.07) is 8.94. The lowest BCUT2D eigenvalue weighted by Crippen LogP contribution is -2.11. The monoisotopic (exact) mass is 372 g/mol. The van der Waals surface area contributed by atoms with Crippen LogP contribution in [0.5, 0.6) is 11.5 Å². The maximum atomic E-state index is 14.2. The van der Waals surface area contributed by atoms with Gasteiger partial charge in [0.2, 0.25) is 0 Å². The highest BCUT2D eigenvalue weighted by atomic mass is 19.1. The van der Waals surface area contributed by atoms with Gasteiger partial charge in [-0.25, -0.2) is 9.18 Å². The van der Waals surface area contributed by atoms with Crippen LogP contribution in [0, 0.1) is 5.82 Å². The molecule has 0 amide bonds. The topological polar surface area (TPSA) is 44.8 Å². The van der Waals surface area contributed by atoms with Crippen LogP contribution in [0.3, 0.4) is 0 Å². The fraction of sp³-hybridized carbons (Fsp3) is 0.409. The second-order valence-corrected chi connectivity index (χ2v) is 6.70. The number of rotatable bonds is 7. The number of hydrogen-bond acceptors (Lipinski definition) is 4. The average molecular weight is 372 g/mol. The van der Waals surface area contributed by atoms with Crippen LogP contribution in [-0.2, 0) is 24.2 Å². The number of benzene rings is 2. The molecule has 2 aromatic rings. The second-order valence-electron chi connectivity index (χ2n) is 6.70. The van der Waals surface area contributed by atoms with E-state index in [1.807, 2.05) is 32.0 Å². The van der Waals surface area contributed by atoms with Crippen LogP contribution >= 0.6 is 0 Å².